The Balaban J connectivity index is 2.16. The quantitative estimate of drug-likeness (QED) is 0.884. The number of morpholine rings is 1. The number of benzene rings is 1. The molecule has 1 N–H and O–H groups in total. The van der Waals surface area contributed by atoms with E-state index in [0.717, 1.165) is 6.61 Å². The fourth-order valence-electron chi connectivity index (χ4n) is 2.57. The lowest BCUT2D eigenvalue weighted by Crippen LogP contribution is -2.54. The van der Waals surface area contributed by atoms with Crippen molar-refractivity contribution in [1.82, 2.24) is 5.32 Å². The van der Waals surface area contributed by atoms with Crippen molar-refractivity contribution in [2.45, 2.75) is 45.9 Å². The van der Waals surface area contributed by atoms with Gasteiger partial charge in [-0.2, -0.15) is 0 Å². The molecule has 1 aliphatic rings. The molecule has 0 amide bonds. The Hall–Kier alpha value is -0.860. The first-order chi connectivity index (χ1) is 8.59. The summed E-state index contributed by atoms with van der Waals surface area (Å²) >= 11 is 0. The van der Waals surface area contributed by atoms with Crippen LogP contribution in [0.4, 0.5) is 0 Å². The highest BCUT2D eigenvalue weighted by molar-refractivity contribution is 5.20. The second-order valence-electron chi connectivity index (χ2n) is 5.95. The van der Waals surface area contributed by atoms with E-state index >= 15 is 0 Å². The summed E-state index contributed by atoms with van der Waals surface area (Å²) in [7, 11) is 0. The highest BCUT2D eigenvalue weighted by atomic mass is 16.5. The van der Waals surface area contributed by atoms with Gasteiger partial charge in [-0.15, -0.1) is 0 Å². The maximum absolute atomic E-state index is 6.15. The van der Waals surface area contributed by atoms with Crippen molar-refractivity contribution >= 4 is 0 Å². The first kappa shape index (κ1) is 13.6. The fourth-order valence-corrected chi connectivity index (χ4v) is 2.57. The third-order valence-corrected chi connectivity index (χ3v) is 3.84. The van der Waals surface area contributed by atoms with Gasteiger partial charge in [-0.05, 0) is 17.4 Å². The lowest BCUT2D eigenvalue weighted by Gasteiger charge is -2.41. The topological polar surface area (TPSA) is 21.3 Å². The molecule has 2 heteroatoms. The molecule has 1 aromatic rings. The summed E-state index contributed by atoms with van der Waals surface area (Å²) in [6.07, 6.45) is 0.182. The van der Waals surface area contributed by atoms with Gasteiger partial charge in [0.2, 0.25) is 0 Å². The van der Waals surface area contributed by atoms with Crippen molar-refractivity contribution in [1.29, 1.82) is 0 Å². The van der Waals surface area contributed by atoms with Crippen LogP contribution in [0.2, 0.25) is 0 Å². The van der Waals surface area contributed by atoms with Crippen LogP contribution in [-0.2, 0) is 4.74 Å². The minimum atomic E-state index is 0.182. The monoisotopic (exact) mass is 247 g/mol. The van der Waals surface area contributed by atoms with E-state index in [9.17, 15) is 0 Å². The normalized spacial score (nSPS) is 28.9. The molecule has 1 fully saturated rings. The van der Waals surface area contributed by atoms with Gasteiger partial charge in [0.05, 0.1) is 12.7 Å². The summed E-state index contributed by atoms with van der Waals surface area (Å²) < 4.78 is 6.15. The Morgan fingerprint density at radius 3 is 2.28 bits per heavy atom. The first-order valence-corrected chi connectivity index (χ1v) is 7.02. The predicted octanol–water partition coefficient (Wildman–Crippen LogP) is 3.40. The lowest BCUT2D eigenvalue weighted by molar-refractivity contribution is -0.0505. The summed E-state index contributed by atoms with van der Waals surface area (Å²) in [5.41, 5.74) is 1.28. The average Bonchev–Trinajstić information content (AvgIpc) is 2.39. The van der Waals surface area contributed by atoms with Gasteiger partial charge >= 0.3 is 0 Å². The van der Waals surface area contributed by atoms with Gasteiger partial charge in [0.1, 0.15) is 0 Å². The minimum Gasteiger partial charge on any atom is -0.370 e. The molecule has 1 heterocycles. The molecular weight excluding hydrogens is 222 g/mol. The molecule has 3 atom stereocenters. The molecule has 18 heavy (non-hydrogen) atoms. The van der Waals surface area contributed by atoms with E-state index in [1.165, 1.54) is 5.56 Å². The number of nitrogens with one attached hydrogen (secondary N) is 1. The molecular formula is C16H25NO. The molecule has 2 nitrogen and oxygen atoms in total. The Morgan fingerprint density at radius 2 is 1.72 bits per heavy atom. The number of rotatable bonds is 3. The van der Waals surface area contributed by atoms with Gasteiger partial charge < -0.3 is 10.1 Å². The smallest absolute Gasteiger partial charge is 0.0981 e. The van der Waals surface area contributed by atoms with Gasteiger partial charge in [0, 0.05) is 12.1 Å². The predicted molar refractivity (Wildman–Crippen MR) is 75.5 cm³/mol. The van der Waals surface area contributed by atoms with E-state index in [1.54, 1.807) is 0 Å². The van der Waals surface area contributed by atoms with Gasteiger partial charge in [-0.1, -0.05) is 58.0 Å². The van der Waals surface area contributed by atoms with Gasteiger partial charge in [0.15, 0.2) is 0 Å². The molecule has 1 saturated heterocycles. The Labute approximate surface area is 111 Å². The minimum absolute atomic E-state index is 0.182. The van der Waals surface area contributed by atoms with E-state index < -0.39 is 0 Å². The number of ether oxygens (including phenoxy) is 1. The third kappa shape index (κ3) is 2.93. The molecule has 100 valence electrons. The summed E-state index contributed by atoms with van der Waals surface area (Å²) in [4.78, 5) is 0. The zero-order valence-corrected chi connectivity index (χ0v) is 11.9. The van der Waals surface area contributed by atoms with Crippen molar-refractivity contribution in [2.75, 3.05) is 6.61 Å². The van der Waals surface area contributed by atoms with Crippen molar-refractivity contribution in [3.63, 3.8) is 0 Å². The Morgan fingerprint density at radius 1 is 1.06 bits per heavy atom. The van der Waals surface area contributed by atoms with Crippen molar-refractivity contribution < 1.29 is 4.74 Å². The second kappa shape index (κ2) is 5.85. The summed E-state index contributed by atoms with van der Waals surface area (Å²) in [5, 5.41) is 3.78. The molecule has 1 aliphatic heterocycles. The van der Waals surface area contributed by atoms with Gasteiger partial charge in [0.25, 0.3) is 0 Å². The molecule has 0 radical (unpaired) electrons. The maximum atomic E-state index is 6.15. The zero-order chi connectivity index (χ0) is 13.1. The highest BCUT2D eigenvalue weighted by Crippen LogP contribution is 2.30. The molecule has 0 spiro atoms. The van der Waals surface area contributed by atoms with Crippen LogP contribution in [0.25, 0.3) is 0 Å². The standard InChI is InChI=1S/C16H25NO/c1-11(2)14-10-18-16(15(17-14)12(3)4)13-8-6-5-7-9-13/h5-9,11-12,14-17H,10H2,1-4H3. The van der Waals surface area contributed by atoms with Gasteiger partial charge in [-0.25, -0.2) is 0 Å². The second-order valence-corrected chi connectivity index (χ2v) is 5.95. The van der Waals surface area contributed by atoms with E-state index in [0.29, 0.717) is 23.9 Å². The first-order valence-electron chi connectivity index (χ1n) is 7.02. The summed E-state index contributed by atoms with van der Waals surface area (Å²) in [6, 6.07) is 11.4. The molecule has 3 unspecified atom stereocenters. The van der Waals surface area contributed by atoms with E-state index in [1.807, 2.05) is 0 Å². The summed E-state index contributed by atoms with van der Waals surface area (Å²) in [6.45, 7) is 9.84. The van der Waals surface area contributed by atoms with Crippen molar-refractivity contribution in [2.24, 2.45) is 11.8 Å². The van der Waals surface area contributed by atoms with Crippen LogP contribution in [0.15, 0.2) is 30.3 Å². The average molecular weight is 247 g/mol. The summed E-state index contributed by atoms with van der Waals surface area (Å²) in [5.74, 6) is 1.18. The van der Waals surface area contributed by atoms with Crippen molar-refractivity contribution in [3.05, 3.63) is 35.9 Å². The third-order valence-electron chi connectivity index (χ3n) is 3.84. The number of hydrogen-bond acceptors (Lipinski definition) is 2. The molecule has 0 aliphatic carbocycles. The highest BCUT2D eigenvalue weighted by Gasteiger charge is 2.34. The molecule has 0 saturated carbocycles. The lowest BCUT2D eigenvalue weighted by atomic mass is 9.89. The van der Waals surface area contributed by atoms with Crippen molar-refractivity contribution in [3.8, 4) is 0 Å². The largest absolute Gasteiger partial charge is 0.370 e. The zero-order valence-electron chi connectivity index (χ0n) is 11.9. The molecule has 2 rings (SSSR count). The van der Waals surface area contributed by atoms with Gasteiger partial charge in [-0.3, -0.25) is 0 Å². The molecule has 0 aromatic heterocycles. The van der Waals surface area contributed by atoms with Crippen LogP contribution in [0.1, 0.15) is 39.4 Å². The van der Waals surface area contributed by atoms with Crippen LogP contribution < -0.4 is 5.32 Å². The van der Waals surface area contributed by atoms with Crippen LogP contribution in [-0.4, -0.2) is 18.7 Å². The SMILES string of the molecule is CC(C)C1COC(c2ccccc2)C(C(C)C)N1. The fraction of sp³-hybridized carbons (Fsp3) is 0.625. The van der Waals surface area contributed by atoms with Crippen LogP contribution in [0.5, 0.6) is 0 Å². The van der Waals surface area contributed by atoms with Crippen LogP contribution in [0.3, 0.4) is 0 Å². The number of hydrogen-bond donors (Lipinski definition) is 1. The van der Waals surface area contributed by atoms with Crippen LogP contribution >= 0.6 is 0 Å². The Bertz CT molecular complexity index is 361. The van der Waals surface area contributed by atoms with E-state index in [2.05, 4.69) is 63.3 Å². The van der Waals surface area contributed by atoms with E-state index in [-0.39, 0.29) is 6.10 Å². The molecule has 0 bridgehead atoms. The Kier molecular flexibility index (Phi) is 4.41. The van der Waals surface area contributed by atoms with Crippen LogP contribution in [0, 0.1) is 11.8 Å². The molecule has 1 aromatic carbocycles. The van der Waals surface area contributed by atoms with E-state index in [4.69, 9.17) is 4.74 Å². The maximum Gasteiger partial charge on any atom is 0.0981 e.